The average molecular weight is 476 g/mol. The third kappa shape index (κ3) is 7.45. The summed E-state index contributed by atoms with van der Waals surface area (Å²) in [7, 11) is 0. The fraction of sp³-hybridized carbons (Fsp3) is 0.654. The van der Waals surface area contributed by atoms with Crippen LogP contribution in [0.5, 0.6) is 0 Å². The SMILES string of the molecule is Cc1ccc(C)c(C(C(=O)NC(C)(C)C)N(C(=O)C(CO)NC(=O)OC(C)(C)C)C2CC2C)c1. The molecule has 1 aliphatic carbocycles. The van der Waals surface area contributed by atoms with Crippen molar-refractivity contribution in [3.63, 3.8) is 0 Å². The molecular weight excluding hydrogens is 434 g/mol. The lowest BCUT2D eigenvalue weighted by Crippen LogP contribution is -2.56. The third-order valence-electron chi connectivity index (χ3n) is 5.60. The van der Waals surface area contributed by atoms with E-state index < -0.39 is 41.8 Å². The number of aliphatic hydroxyl groups is 1. The van der Waals surface area contributed by atoms with Gasteiger partial charge in [-0.1, -0.05) is 30.7 Å². The second kappa shape index (κ2) is 10.3. The van der Waals surface area contributed by atoms with Gasteiger partial charge >= 0.3 is 6.09 Å². The Hall–Kier alpha value is -2.61. The highest BCUT2D eigenvalue weighted by molar-refractivity contribution is 5.93. The van der Waals surface area contributed by atoms with Crippen molar-refractivity contribution in [3.8, 4) is 0 Å². The van der Waals surface area contributed by atoms with Gasteiger partial charge in [-0.15, -0.1) is 0 Å². The fourth-order valence-electron chi connectivity index (χ4n) is 3.90. The van der Waals surface area contributed by atoms with E-state index in [1.807, 2.05) is 59.7 Å². The summed E-state index contributed by atoms with van der Waals surface area (Å²) in [6, 6.07) is 3.49. The van der Waals surface area contributed by atoms with Gasteiger partial charge in [0.15, 0.2) is 0 Å². The summed E-state index contributed by atoms with van der Waals surface area (Å²) in [4.78, 5) is 41.4. The van der Waals surface area contributed by atoms with Crippen LogP contribution in [0.1, 0.15) is 77.6 Å². The lowest BCUT2D eigenvalue weighted by molar-refractivity contribution is -0.144. The molecule has 1 fully saturated rings. The van der Waals surface area contributed by atoms with Gasteiger partial charge < -0.3 is 25.4 Å². The van der Waals surface area contributed by atoms with Gasteiger partial charge in [0.05, 0.1) is 6.61 Å². The number of carbonyl (C=O) groups excluding carboxylic acids is 3. The molecule has 0 saturated heterocycles. The number of rotatable bonds is 7. The molecule has 0 spiro atoms. The molecule has 1 aliphatic rings. The molecule has 8 heteroatoms. The number of hydrogen-bond donors (Lipinski definition) is 3. The van der Waals surface area contributed by atoms with Gasteiger partial charge in [0.25, 0.3) is 0 Å². The number of aliphatic hydroxyl groups excluding tert-OH is 1. The summed E-state index contributed by atoms with van der Waals surface area (Å²) >= 11 is 0. The Morgan fingerprint density at radius 1 is 1.15 bits per heavy atom. The number of nitrogens with one attached hydrogen (secondary N) is 2. The van der Waals surface area contributed by atoms with Crippen molar-refractivity contribution in [2.75, 3.05) is 6.61 Å². The van der Waals surface area contributed by atoms with Gasteiger partial charge in [0.1, 0.15) is 17.7 Å². The number of hydrogen-bond acceptors (Lipinski definition) is 5. The van der Waals surface area contributed by atoms with Crippen molar-refractivity contribution in [1.82, 2.24) is 15.5 Å². The maximum atomic E-state index is 13.8. The highest BCUT2D eigenvalue weighted by atomic mass is 16.6. The first-order valence-electron chi connectivity index (χ1n) is 11.9. The predicted molar refractivity (Wildman–Crippen MR) is 131 cm³/mol. The van der Waals surface area contributed by atoms with E-state index in [4.69, 9.17) is 4.74 Å². The molecule has 1 aromatic rings. The van der Waals surface area contributed by atoms with Crippen LogP contribution in [0.15, 0.2) is 18.2 Å². The summed E-state index contributed by atoms with van der Waals surface area (Å²) in [5.74, 6) is -0.625. The van der Waals surface area contributed by atoms with Crippen molar-refractivity contribution < 1.29 is 24.2 Å². The van der Waals surface area contributed by atoms with Crippen molar-refractivity contribution in [2.45, 2.75) is 98.0 Å². The zero-order chi connectivity index (χ0) is 26.0. The van der Waals surface area contributed by atoms with Crippen LogP contribution < -0.4 is 10.6 Å². The molecule has 1 aromatic carbocycles. The molecule has 3 N–H and O–H groups in total. The van der Waals surface area contributed by atoms with Crippen LogP contribution in [0.4, 0.5) is 4.79 Å². The zero-order valence-electron chi connectivity index (χ0n) is 22.0. The first kappa shape index (κ1) is 27.6. The number of aryl methyl sites for hydroxylation is 2. The highest BCUT2D eigenvalue weighted by Gasteiger charge is 2.48. The monoisotopic (exact) mass is 475 g/mol. The van der Waals surface area contributed by atoms with E-state index >= 15 is 0 Å². The minimum atomic E-state index is -1.24. The van der Waals surface area contributed by atoms with Gasteiger partial charge in [-0.25, -0.2) is 4.79 Å². The lowest BCUT2D eigenvalue weighted by Gasteiger charge is -2.36. The van der Waals surface area contributed by atoms with Crippen LogP contribution in [0.2, 0.25) is 0 Å². The molecule has 190 valence electrons. The molecule has 34 heavy (non-hydrogen) atoms. The maximum absolute atomic E-state index is 13.8. The number of alkyl carbamates (subject to hydrolysis) is 1. The fourth-order valence-corrected chi connectivity index (χ4v) is 3.90. The number of carbonyl (C=O) groups is 3. The van der Waals surface area contributed by atoms with E-state index in [0.29, 0.717) is 0 Å². The first-order chi connectivity index (χ1) is 15.5. The van der Waals surface area contributed by atoms with Crippen LogP contribution in [0.25, 0.3) is 0 Å². The third-order valence-corrected chi connectivity index (χ3v) is 5.60. The number of amides is 3. The number of nitrogens with zero attached hydrogens (tertiary/aromatic N) is 1. The summed E-state index contributed by atoms with van der Waals surface area (Å²) in [6.45, 7) is 16.1. The van der Waals surface area contributed by atoms with Crippen molar-refractivity contribution in [3.05, 3.63) is 34.9 Å². The van der Waals surface area contributed by atoms with Gasteiger partial charge in [-0.05, 0) is 78.9 Å². The molecule has 0 aromatic heterocycles. The predicted octanol–water partition coefficient (Wildman–Crippen LogP) is 3.38. The lowest BCUT2D eigenvalue weighted by atomic mass is 9.95. The molecule has 0 aliphatic heterocycles. The van der Waals surface area contributed by atoms with Crippen LogP contribution in [-0.2, 0) is 14.3 Å². The zero-order valence-corrected chi connectivity index (χ0v) is 22.0. The van der Waals surface area contributed by atoms with Gasteiger partial charge in [-0.2, -0.15) is 0 Å². The van der Waals surface area contributed by atoms with Gasteiger partial charge in [-0.3, -0.25) is 9.59 Å². The van der Waals surface area contributed by atoms with Crippen LogP contribution in [-0.4, -0.2) is 57.7 Å². The summed E-state index contributed by atoms with van der Waals surface area (Å²) in [5.41, 5.74) is 1.30. The van der Waals surface area contributed by atoms with E-state index in [1.54, 1.807) is 25.7 Å². The van der Waals surface area contributed by atoms with E-state index in [0.717, 1.165) is 23.1 Å². The smallest absolute Gasteiger partial charge is 0.408 e. The standard InChI is InChI=1S/C26H41N3O5/c1-15-10-11-16(2)18(12-15)21(22(31)28-25(4,5)6)29(20-13-17(20)3)23(32)19(14-30)27-24(33)34-26(7,8)9/h10-12,17,19-21,30H,13-14H2,1-9H3,(H,27,33)(H,28,31). The minimum absolute atomic E-state index is 0.183. The largest absolute Gasteiger partial charge is 0.444 e. The van der Waals surface area contributed by atoms with Crippen LogP contribution >= 0.6 is 0 Å². The summed E-state index contributed by atoms with van der Waals surface area (Å²) in [6.07, 6.45) is -0.0633. The van der Waals surface area contributed by atoms with Crippen molar-refractivity contribution in [1.29, 1.82) is 0 Å². The van der Waals surface area contributed by atoms with Crippen LogP contribution in [0, 0.1) is 19.8 Å². The van der Waals surface area contributed by atoms with Crippen molar-refractivity contribution >= 4 is 17.9 Å². The Morgan fingerprint density at radius 3 is 2.21 bits per heavy atom. The second-order valence-corrected chi connectivity index (χ2v) is 11.4. The molecule has 0 radical (unpaired) electrons. The molecule has 8 nitrogen and oxygen atoms in total. The topological polar surface area (TPSA) is 108 Å². The number of benzene rings is 1. The van der Waals surface area contributed by atoms with Gasteiger partial charge in [0.2, 0.25) is 11.8 Å². The molecular formula is C26H41N3O5. The molecule has 3 amide bonds. The Kier molecular flexibility index (Phi) is 8.40. The normalized spacial score (nSPS) is 19.6. The summed E-state index contributed by atoms with van der Waals surface area (Å²) < 4.78 is 5.28. The van der Waals surface area contributed by atoms with Gasteiger partial charge in [0, 0.05) is 11.6 Å². The Balaban J connectivity index is 2.51. The molecule has 1 saturated carbocycles. The average Bonchev–Trinajstić information content (AvgIpc) is 3.38. The van der Waals surface area contributed by atoms with Crippen molar-refractivity contribution in [2.24, 2.45) is 5.92 Å². The van der Waals surface area contributed by atoms with E-state index in [1.165, 1.54) is 0 Å². The Bertz CT molecular complexity index is 916. The first-order valence-corrected chi connectivity index (χ1v) is 11.9. The minimum Gasteiger partial charge on any atom is -0.444 e. The van der Waals surface area contributed by atoms with E-state index in [-0.39, 0.29) is 17.9 Å². The van der Waals surface area contributed by atoms with Crippen LogP contribution in [0.3, 0.4) is 0 Å². The summed E-state index contributed by atoms with van der Waals surface area (Å²) in [5, 5.41) is 15.5. The Morgan fingerprint density at radius 2 is 1.74 bits per heavy atom. The molecule has 4 unspecified atom stereocenters. The second-order valence-electron chi connectivity index (χ2n) is 11.4. The molecule has 0 bridgehead atoms. The van der Waals surface area contributed by atoms with E-state index in [2.05, 4.69) is 10.6 Å². The highest BCUT2D eigenvalue weighted by Crippen LogP contribution is 2.41. The quantitative estimate of drug-likeness (QED) is 0.560. The van der Waals surface area contributed by atoms with E-state index in [9.17, 15) is 19.5 Å². The molecule has 2 rings (SSSR count). The molecule has 4 atom stereocenters. The number of ether oxygens (including phenoxy) is 1. The Labute approximate surface area is 203 Å². The maximum Gasteiger partial charge on any atom is 0.408 e. The molecule has 0 heterocycles.